The second kappa shape index (κ2) is 8.90. The molecule has 0 saturated heterocycles. The number of benzene rings is 1. The second-order valence-electron chi connectivity index (χ2n) is 5.21. The van der Waals surface area contributed by atoms with Crippen LogP contribution in [0.3, 0.4) is 0 Å². The van der Waals surface area contributed by atoms with E-state index in [-0.39, 0.29) is 23.8 Å². The lowest BCUT2D eigenvalue weighted by Gasteiger charge is -2.23. The highest BCUT2D eigenvalue weighted by Gasteiger charge is 2.24. The molecule has 1 rings (SSSR count). The van der Waals surface area contributed by atoms with Gasteiger partial charge in [-0.2, -0.15) is 0 Å². The van der Waals surface area contributed by atoms with Gasteiger partial charge in [0, 0.05) is 16.2 Å². The smallest absolute Gasteiger partial charge is 0.310 e. The fraction of sp³-hybridized carbons (Fsp3) is 0.500. The summed E-state index contributed by atoms with van der Waals surface area (Å²) < 4.78 is 5.94. The van der Waals surface area contributed by atoms with E-state index < -0.39 is 6.04 Å². The molecule has 22 heavy (non-hydrogen) atoms. The van der Waals surface area contributed by atoms with Crippen LogP contribution in [0.25, 0.3) is 0 Å². The fourth-order valence-corrected chi connectivity index (χ4v) is 2.14. The highest BCUT2D eigenvalue weighted by Crippen LogP contribution is 2.14. The Morgan fingerprint density at radius 2 is 1.77 bits per heavy atom. The van der Waals surface area contributed by atoms with Crippen LogP contribution in [0, 0.1) is 5.92 Å². The zero-order valence-electron chi connectivity index (χ0n) is 13.4. The standard InChI is InChI=1S/C16H23BrN2O3/c1-5-22-16(21)10(2)11(3)18-12(4)15(20)19-14-8-6-13(17)7-9-14/h6-12,18H,5H2,1-4H3,(H,19,20)/t10-,11+,12+/m1/s1. The van der Waals surface area contributed by atoms with Crippen molar-refractivity contribution in [2.45, 2.75) is 39.8 Å². The number of anilines is 1. The molecular formula is C16H23BrN2O3. The molecule has 122 valence electrons. The van der Waals surface area contributed by atoms with Crippen molar-refractivity contribution >= 4 is 33.5 Å². The maximum absolute atomic E-state index is 12.1. The van der Waals surface area contributed by atoms with Gasteiger partial charge in [0.15, 0.2) is 0 Å². The van der Waals surface area contributed by atoms with Crippen LogP contribution in [-0.4, -0.2) is 30.6 Å². The minimum Gasteiger partial charge on any atom is -0.466 e. The first-order valence-electron chi connectivity index (χ1n) is 7.34. The maximum Gasteiger partial charge on any atom is 0.310 e. The summed E-state index contributed by atoms with van der Waals surface area (Å²) in [4.78, 5) is 23.8. The van der Waals surface area contributed by atoms with Crippen molar-refractivity contribution in [2.75, 3.05) is 11.9 Å². The minimum atomic E-state index is -0.421. The molecule has 0 aromatic heterocycles. The highest BCUT2D eigenvalue weighted by atomic mass is 79.9. The first kappa shape index (κ1) is 18.6. The Labute approximate surface area is 139 Å². The molecule has 1 aromatic carbocycles. The number of hydrogen-bond donors (Lipinski definition) is 2. The third-order valence-corrected chi connectivity index (χ3v) is 3.95. The van der Waals surface area contributed by atoms with Gasteiger partial charge in [-0.05, 0) is 45.0 Å². The van der Waals surface area contributed by atoms with Crippen molar-refractivity contribution in [1.82, 2.24) is 5.32 Å². The summed E-state index contributed by atoms with van der Waals surface area (Å²) in [6, 6.07) is 6.78. The van der Waals surface area contributed by atoms with Crippen LogP contribution in [0.4, 0.5) is 5.69 Å². The quantitative estimate of drug-likeness (QED) is 0.724. The molecule has 0 aliphatic heterocycles. The van der Waals surface area contributed by atoms with Crippen LogP contribution in [0.2, 0.25) is 0 Å². The van der Waals surface area contributed by atoms with E-state index >= 15 is 0 Å². The first-order chi connectivity index (χ1) is 10.3. The Morgan fingerprint density at radius 1 is 1.18 bits per heavy atom. The van der Waals surface area contributed by atoms with E-state index in [0.29, 0.717) is 6.61 Å². The Hall–Kier alpha value is -1.40. The monoisotopic (exact) mass is 370 g/mol. The van der Waals surface area contributed by atoms with Crippen LogP contribution in [0.15, 0.2) is 28.7 Å². The topological polar surface area (TPSA) is 67.4 Å². The van der Waals surface area contributed by atoms with Gasteiger partial charge in [-0.25, -0.2) is 0 Å². The molecule has 1 amide bonds. The molecular weight excluding hydrogens is 348 g/mol. The van der Waals surface area contributed by atoms with Crippen LogP contribution < -0.4 is 10.6 Å². The van der Waals surface area contributed by atoms with E-state index in [1.165, 1.54) is 0 Å². The molecule has 0 aliphatic carbocycles. The molecule has 0 saturated carbocycles. The molecule has 0 radical (unpaired) electrons. The average Bonchev–Trinajstić information content (AvgIpc) is 2.48. The number of rotatable bonds is 7. The lowest BCUT2D eigenvalue weighted by atomic mass is 10.0. The fourth-order valence-electron chi connectivity index (χ4n) is 1.88. The van der Waals surface area contributed by atoms with Crippen LogP contribution in [0.1, 0.15) is 27.7 Å². The number of carbonyl (C=O) groups excluding carboxylic acids is 2. The highest BCUT2D eigenvalue weighted by molar-refractivity contribution is 9.10. The van der Waals surface area contributed by atoms with Crippen molar-refractivity contribution in [3.63, 3.8) is 0 Å². The van der Waals surface area contributed by atoms with Crippen LogP contribution in [-0.2, 0) is 14.3 Å². The zero-order valence-corrected chi connectivity index (χ0v) is 14.9. The van der Waals surface area contributed by atoms with Gasteiger partial charge in [-0.15, -0.1) is 0 Å². The van der Waals surface area contributed by atoms with Gasteiger partial charge in [0.25, 0.3) is 0 Å². The Bertz CT molecular complexity index is 505. The van der Waals surface area contributed by atoms with Gasteiger partial charge in [0.05, 0.1) is 18.6 Å². The predicted octanol–water partition coefficient (Wildman–Crippen LogP) is 2.95. The van der Waals surface area contributed by atoms with Crippen molar-refractivity contribution in [2.24, 2.45) is 5.92 Å². The van der Waals surface area contributed by atoms with Crippen molar-refractivity contribution in [3.8, 4) is 0 Å². The SMILES string of the molecule is CCOC(=O)[C@H](C)[C@H](C)N[C@@H](C)C(=O)Nc1ccc(Br)cc1. The lowest BCUT2D eigenvalue weighted by molar-refractivity contribution is -0.148. The normalized spacial score (nSPS) is 14.8. The Kier molecular flexibility index (Phi) is 7.55. The molecule has 0 bridgehead atoms. The second-order valence-corrected chi connectivity index (χ2v) is 6.13. The lowest BCUT2D eigenvalue weighted by Crippen LogP contribution is -2.47. The molecule has 3 atom stereocenters. The molecule has 2 N–H and O–H groups in total. The van der Waals surface area contributed by atoms with Gasteiger partial charge < -0.3 is 15.4 Å². The third kappa shape index (κ3) is 5.77. The van der Waals surface area contributed by atoms with Gasteiger partial charge >= 0.3 is 5.97 Å². The number of esters is 1. The molecule has 0 spiro atoms. The number of hydrogen-bond acceptors (Lipinski definition) is 4. The number of halogens is 1. The van der Waals surface area contributed by atoms with Crippen molar-refractivity contribution in [1.29, 1.82) is 0 Å². The number of carbonyl (C=O) groups is 2. The zero-order chi connectivity index (χ0) is 16.7. The average molecular weight is 371 g/mol. The molecule has 0 heterocycles. The third-order valence-electron chi connectivity index (χ3n) is 3.43. The molecule has 0 aliphatic rings. The largest absolute Gasteiger partial charge is 0.466 e. The van der Waals surface area contributed by atoms with Gasteiger partial charge in [-0.1, -0.05) is 22.9 Å². The van der Waals surface area contributed by atoms with E-state index in [2.05, 4.69) is 26.6 Å². The molecule has 0 fully saturated rings. The summed E-state index contributed by atoms with van der Waals surface area (Å²) >= 11 is 3.35. The summed E-state index contributed by atoms with van der Waals surface area (Å²) in [5.74, 6) is -0.726. The van der Waals surface area contributed by atoms with E-state index in [1.807, 2.05) is 31.2 Å². The van der Waals surface area contributed by atoms with Gasteiger partial charge in [-0.3, -0.25) is 9.59 Å². The minimum absolute atomic E-state index is 0.148. The number of ether oxygens (including phenoxy) is 1. The van der Waals surface area contributed by atoms with E-state index in [9.17, 15) is 9.59 Å². The molecule has 1 aromatic rings. The summed E-state index contributed by atoms with van der Waals surface area (Å²) in [5, 5.41) is 5.96. The molecule has 6 heteroatoms. The number of nitrogens with one attached hydrogen (secondary N) is 2. The van der Waals surface area contributed by atoms with Crippen molar-refractivity contribution < 1.29 is 14.3 Å². The van der Waals surface area contributed by atoms with E-state index in [4.69, 9.17) is 4.74 Å². The van der Waals surface area contributed by atoms with Crippen LogP contribution >= 0.6 is 15.9 Å². The maximum atomic E-state index is 12.1. The van der Waals surface area contributed by atoms with Gasteiger partial charge in [0.2, 0.25) is 5.91 Å². The summed E-state index contributed by atoms with van der Waals surface area (Å²) in [5.41, 5.74) is 0.730. The van der Waals surface area contributed by atoms with E-state index in [0.717, 1.165) is 10.2 Å². The molecule has 0 unspecified atom stereocenters. The van der Waals surface area contributed by atoms with Gasteiger partial charge in [0.1, 0.15) is 0 Å². The summed E-state index contributed by atoms with van der Waals surface area (Å²) in [6.45, 7) is 7.55. The predicted molar refractivity (Wildman–Crippen MR) is 90.6 cm³/mol. The first-order valence-corrected chi connectivity index (χ1v) is 8.13. The Balaban J connectivity index is 2.52. The van der Waals surface area contributed by atoms with Crippen molar-refractivity contribution in [3.05, 3.63) is 28.7 Å². The molecule has 5 nitrogen and oxygen atoms in total. The van der Waals surface area contributed by atoms with E-state index in [1.54, 1.807) is 20.8 Å². The Morgan fingerprint density at radius 3 is 2.32 bits per heavy atom. The number of amides is 1. The summed E-state index contributed by atoms with van der Waals surface area (Å²) in [6.07, 6.45) is 0. The van der Waals surface area contributed by atoms with Crippen LogP contribution in [0.5, 0.6) is 0 Å². The summed E-state index contributed by atoms with van der Waals surface area (Å²) in [7, 11) is 0.